The largest absolute Gasteiger partial charge is 0.457 e. The summed E-state index contributed by atoms with van der Waals surface area (Å²) in [5.41, 5.74) is 4.51. The van der Waals surface area contributed by atoms with Crippen LogP contribution in [0.1, 0.15) is 11.1 Å². The standard InChI is InChI=1S/C34H24N2O4/c1-19-3-7-21(8-4-19)39-23-12-14-29-26(15-23)34(38)28-18-32-27(17-31(28)35-29)33(37)25-13-11-24(16-30(25)36-32)40-22-9-5-20(2)6-10-22/h3-18H,1-2H3,(H,35,38)(H,36,37). The van der Waals surface area contributed by atoms with Crippen molar-refractivity contribution in [2.24, 2.45) is 0 Å². The predicted molar refractivity (Wildman–Crippen MR) is 160 cm³/mol. The van der Waals surface area contributed by atoms with Crippen molar-refractivity contribution in [1.29, 1.82) is 0 Å². The van der Waals surface area contributed by atoms with Gasteiger partial charge in [-0.3, -0.25) is 9.59 Å². The quantitative estimate of drug-likeness (QED) is 0.229. The minimum atomic E-state index is -0.141. The Morgan fingerprint density at radius 3 is 1.45 bits per heavy atom. The smallest absolute Gasteiger partial charge is 0.197 e. The number of fused-ring (bicyclic) bond motifs is 4. The van der Waals surface area contributed by atoms with Crippen molar-refractivity contribution in [3.63, 3.8) is 0 Å². The molecule has 40 heavy (non-hydrogen) atoms. The van der Waals surface area contributed by atoms with Crippen molar-refractivity contribution in [1.82, 2.24) is 9.97 Å². The van der Waals surface area contributed by atoms with E-state index >= 15 is 0 Å². The van der Waals surface area contributed by atoms with Gasteiger partial charge in [-0.25, -0.2) is 0 Å². The van der Waals surface area contributed by atoms with Crippen LogP contribution in [0.4, 0.5) is 0 Å². The van der Waals surface area contributed by atoms with E-state index in [1.807, 2.05) is 74.5 Å². The first-order chi connectivity index (χ1) is 19.4. The Bertz CT molecular complexity index is 2210. The lowest BCUT2D eigenvalue weighted by Gasteiger charge is -2.10. The molecule has 0 saturated carbocycles. The normalized spacial score (nSPS) is 11.4. The van der Waals surface area contributed by atoms with Crippen molar-refractivity contribution in [3.05, 3.63) is 129 Å². The molecule has 5 aromatic carbocycles. The maximum atomic E-state index is 13.6. The zero-order valence-corrected chi connectivity index (χ0v) is 21.9. The fraction of sp³-hybridized carbons (Fsp3) is 0.0588. The highest BCUT2D eigenvalue weighted by molar-refractivity contribution is 6.03. The van der Waals surface area contributed by atoms with Gasteiger partial charge in [-0.1, -0.05) is 35.4 Å². The second-order valence-corrected chi connectivity index (χ2v) is 10.1. The van der Waals surface area contributed by atoms with E-state index in [0.29, 0.717) is 66.6 Å². The van der Waals surface area contributed by atoms with E-state index in [1.54, 1.807) is 36.4 Å². The number of rotatable bonds is 4. The van der Waals surface area contributed by atoms with E-state index in [4.69, 9.17) is 9.47 Å². The highest BCUT2D eigenvalue weighted by atomic mass is 16.5. The highest BCUT2D eigenvalue weighted by Gasteiger charge is 2.13. The average Bonchev–Trinajstić information content (AvgIpc) is 2.96. The van der Waals surface area contributed by atoms with Crippen LogP contribution in [0.25, 0.3) is 43.6 Å². The molecular formula is C34H24N2O4. The van der Waals surface area contributed by atoms with Crippen molar-refractivity contribution in [2.45, 2.75) is 13.8 Å². The summed E-state index contributed by atoms with van der Waals surface area (Å²) in [5, 5.41) is 2.04. The van der Waals surface area contributed by atoms with E-state index in [-0.39, 0.29) is 10.9 Å². The molecule has 0 spiro atoms. The van der Waals surface area contributed by atoms with E-state index in [9.17, 15) is 9.59 Å². The number of aromatic amines is 2. The van der Waals surface area contributed by atoms with Crippen molar-refractivity contribution in [3.8, 4) is 23.0 Å². The number of benzene rings is 5. The number of nitrogens with one attached hydrogen (secondary N) is 2. The van der Waals surface area contributed by atoms with Crippen LogP contribution >= 0.6 is 0 Å². The second-order valence-electron chi connectivity index (χ2n) is 10.1. The lowest BCUT2D eigenvalue weighted by molar-refractivity contribution is 0.483. The fourth-order valence-electron chi connectivity index (χ4n) is 5.02. The number of aromatic nitrogens is 2. The first-order valence-corrected chi connectivity index (χ1v) is 13.0. The Hall–Kier alpha value is -5.36. The SMILES string of the molecule is Cc1ccc(Oc2ccc3c(=O)c4cc5[nH]c6ccc(Oc7ccc(C)cc7)cc6c(=O)c5cc4[nH]c3c2)cc1. The Morgan fingerprint density at radius 2 is 0.850 bits per heavy atom. The molecule has 7 rings (SSSR count). The number of hydrogen-bond acceptors (Lipinski definition) is 4. The van der Waals surface area contributed by atoms with E-state index in [1.165, 1.54) is 0 Å². The number of pyridine rings is 2. The minimum Gasteiger partial charge on any atom is -0.457 e. The van der Waals surface area contributed by atoms with E-state index < -0.39 is 0 Å². The lowest BCUT2D eigenvalue weighted by atomic mass is 10.0. The van der Waals surface area contributed by atoms with Gasteiger partial charge in [0.15, 0.2) is 10.9 Å². The van der Waals surface area contributed by atoms with Crippen molar-refractivity contribution >= 4 is 43.6 Å². The molecule has 0 radical (unpaired) electrons. The molecule has 2 aromatic heterocycles. The van der Waals surface area contributed by atoms with Gasteiger partial charge in [-0.15, -0.1) is 0 Å². The summed E-state index contributed by atoms with van der Waals surface area (Å²) in [7, 11) is 0. The molecular weight excluding hydrogens is 500 g/mol. The summed E-state index contributed by atoms with van der Waals surface area (Å²) >= 11 is 0. The number of aryl methyl sites for hydroxylation is 2. The maximum absolute atomic E-state index is 13.6. The van der Waals surface area contributed by atoms with Crippen LogP contribution in [0.2, 0.25) is 0 Å². The Labute approximate surface area is 228 Å². The average molecular weight is 525 g/mol. The van der Waals surface area contributed by atoms with Crippen molar-refractivity contribution < 1.29 is 9.47 Å². The van der Waals surface area contributed by atoms with Crippen LogP contribution in [0.5, 0.6) is 23.0 Å². The van der Waals surface area contributed by atoms with Crippen molar-refractivity contribution in [2.75, 3.05) is 0 Å². The summed E-state index contributed by atoms with van der Waals surface area (Å²) in [6.07, 6.45) is 0. The third-order valence-corrected chi connectivity index (χ3v) is 7.17. The molecule has 0 unspecified atom stereocenters. The van der Waals surface area contributed by atoms with E-state index in [2.05, 4.69) is 9.97 Å². The zero-order valence-electron chi connectivity index (χ0n) is 21.9. The van der Waals surface area contributed by atoms with Gasteiger partial charge >= 0.3 is 0 Å². The Balaban J connectivity index is 1.34. The third kappa shape index (κ3) is 4.16. The van der Waals surface area contributed by atoms with E-state index in [0.717, 1.165) is 11.1 Å². The van der Waals surface area contributed by atoms with Gasteiger partial charge in [0.2, 0.25) is 0 Å². The Morgan fingerprint density at radius 1 is 0.425 bits per heavy atom. The number of hydrogen-bond donors (Lipinski definition) is 2. The molecule has 0 aliphatic rings. The minimum absolute atomic E-state index is 0.115. The molecule has 2 heterocycles. The molecule has 0 fully saturated rings. The molecule has 0 aliphatic heterocycles. The molecule has 0 atom stereocenters. The molecule has 0 bridgehead atoms. The maximum Gasteiger partial charge on any atom is 0.197 e. The van der Waals surface area contributed by atoms with Crippen LogP contribution in [0.3, 0.4) is 0 Å². The van der Waals surface area contributed by atoms with Gasteiger partial charge in [0, 0.05) is 27.6 Å². The highest BCUT2D eigenvalue weighted by Crippen LogP contribution is 2.28. The molecule has 194 valence electrons. The molecule has 2 N–H and O–H groups in total. The van der Waals surface area contributed by atoms with Gasteiger partial charge in [-0.2, -0.15) is 0 Å². The summed E-state index contributed by atoms with van der Waals surface area (Å²) in [6, 6.07) is 29.8. The van der Waals surface area contributed by atoms with Gasteiger partial charge in [0.05, 0.1) is 22.1 Å². The first-order valence-electron chi connectivity index (χ1n) is 13.0. The van der Waals surface area contributed by atoms with Crippen LogP contribution < -0.4 is 20.3 Å². The topological polar surface area (TPSA) is 84.2 Å². The summed E-state index contributed by atoms with van der Waals surface area (Å²) < 4.78 is 12.0. The summed E-state index contributed by atoms with van der Waals surface area (Å²) in [4.78, 5) is 33.8. The number of H-pyrrole nitrogens is 2. The lowest BCUT2D eigenvalue weighted by Crippen LogP contribution is -2.08. The van der Waals surface area contributed by atoms with Gasteiger partial charge in [0.25, 0.3) is 0 Å². The van der Waals surface area contributed by atoms with Crippen LogP contribution in [-0.4, -0.2) is 9.97 Å². The third-order valence-electron chi connectivity index (χ3n) is 7.17. The molecule has 0 amide bonds. The molecule has 7 aromatic rings. The van der Waals surface area contributed by atoms with Gasteiger partial charge in [-0.05, 0) is 80.6 Å². The number of ether oxygens (including phenoxy) is 2. The summed E-state index contributed by atoms with van der Waals surface area (Å²) in [6.45, 7) is 4.04. The first kappa shape index (κ1) is 23.7. The predicted octanol–water partition coefficient (Wildman–Crippen LogP) is 7.88. The van der Waals surface area contributed by atoms with Crippen LogP contribution in [0, 0.1) is 13.8 Å². The second kappa shape index (κ2) is 9.13. The summed E-state index contributed by atoms with van der Waals surface area (Å²) in [5.74, 6) is 2.59. The molecule has 0 aliphatic carbocycles. The molecule has 6 nitrogen and oxygen atoms in total. The van der Waals surface area contributed by atoms with Crippen LogP contribution in [0.15, 0.2) is 107 Å². The van der Waals surface area contributed by atoms with Crippen LogP contribution in [-0.2, 0) is 0 Å². The molecule has 0 saturated heterocycles. The monoisotopic (exact) mass is 524 g/mol. The zero-order chi connectivity index (χ0) is 27.4. The Kier molecular flexibility index (Phi) is 5.42. The fourth-order valence-corrected chi connectivity index (χ4v) is 5.02. The molecule has 6 heteroatoms. The van der Waals surface area contributed by atoms with Gasteiger partial charge in [0.1, 0.15) is 23.0 Å². The van der Waals surface area contributed by atoms with Gasteiger partial charge < -0.3 is 19.4 Å².